The van der Waals surface area contributed by atoms with Gasteiger partial charge in [0.2, 0.25) is 0 Å². The van der Waals surface area contributed by atoms with Gasteiger partial charge in [-0.05, 0) is 63.3 Å². The molecule has 1 aromatic carbocycles. The fourth-order valence-corrected chi connectivity index (χ4v) is 3.52. The third kappa shape index (κ3) is 4.07. The number of benzene rings is 1. The summed E-state index contributed by atoms with van der Waals surface area (Å²) in [6.45, 7) is 11.3. The smallest absolute Gasteiger partial charge is 0.0351 e. The largest absolute Gasteiger partial charge is 0.313 e. The molecule has 1 aromatic rings. The molecule has 108 valence electrons. The maximum absolute atomic E-state index is 3.59. The second kappa shape index (κ2) is 7.69. The Hall–Kier alpha value is -0.820. The molecule has 0 saturated carbocycles. The molecule has 0 saturated heterocycles. The van der Waals surface area contributed by atoms with Gasteiger partial charge >= 0.3 is 0 Å². The molecule has 1 atom stereocenters. The lowest BCUT2D eigenvalue weighted by Gasteiger charge is -2.30. The first-order valence-corrected chi connectivity index (χ1v) is 7.80. The molecule has 0 amide bonds. The summed E-state index contributed by atoms with van der Waals surface area (Å²) in [5, 5.41) is 3.59. The Morgan fingerprint density at radius 3 is 1.79 bits per heavy atom. The van der Waals surface area contributed by atoms with E-state index in [4.69, 9.17) is 0 Å². The maximum Gasteiger partial charge on any atom is 0.0351 e. The molecule has 0 radical (unpaired) electrons. The van der Waals surface area contributed by atoms with E-state index >= 15 is 0 Å². The van der Waals surface area contributed by atoms with Gasteiger partial charge in [0.05, 0.1) is 0 Å². The Kier molecular flexibility index (Phi) is 6.57. The van der Waals surface area contributed by atoms with E-state index in [9.17, 15) is 0 Å². The molecule has 0 spiro atoms. The molecule has 0 aliphatic heterocycles. The van der Waals surface area contributed by atoms with Crippen molar-refractivity contribution in [1.82, 2.24) is 5.32 Å². The molecule has 0 aliphatic carbocycles. The first-order chi connectivity index (χ1) is 9.04. The third-order valence-corrected chi connectivity index (χ3v) is 4.15. The molecule has 0 aliphatic rings. The third-order valence-electron chi connectivity index (χ3n) is 4.15. The van der Waals surface area contributed by atoms with E-state index in [0.29, 0.717) is 6.04 Å². The Morgan fingerprint density at radius 2 is 1.42 bits per heavy atom. The van der Waals surface area contributed by atoms with Crippen LogP contribution in [0, 0.1) is 26.7 Å². The average Bonchev–Trinajstić information content (AvgIpc) is 2.33. The predicted octanol–water partition coefficient (Wildman–Crippen LogP) is 5.09. The molecule has 1 N–H and O–H groups in total. The minimum Gasteiger partial charge on any atom is -0.313 e. The van der Waals surface area contributed by atoms with Crippen LogP contribution in [0.5, 0.6) is 0 Å². The van der Waals surface area contributed by atoms with Crippen molar-refractivity contribution < 1.29 is 0 Å². The van der Waals surface area contributed by atoms with Crippen LogP contribution in [0.25, 0.3) is 0 Å². The van der Waals surface area contributed by atoms with Crippen LogP contribution in [0.2, 0.25) is 0 Å². The fourth-order valence-electron chi connectivity index (χ4n) is 3.52. The van der Waals surface area contributed by atoms with Crippen molar-refractivity contribution in [2.45, 2.75) is 66.3 Å². The van der Waals surface area contributed by atoms with E-state index in [2.05, 4.69) is 59.1 Å². The van der Waals surface area contributed by atoms with Gasteiger partial charge in [-0.25, -0.2) is 0 Å². The van der Waals surface area contributed by atoms with Crippen LogP contribution in [-0.2, 0) is 0 Å². The Morgan fingerprint density at radius 1 is 0.947 bits per heavy atom. The van der Waals surface area contributed by atoms with Gasteiger partial charge in [0.25, 0.3) is 0 Å². The summed E-state index contributed by atoms with van der Waals surface area (Å²) in [7, 11) is 2.11. The highest BCUT2D eigenvalue weighted by molar-refractivity contribution is 5.40. The summed E-state index contributed by atoms with van der Waals surface area (Å²) in [6, 6.07) is 5.14. The number of nitrogens with one attached hydrogen (secondary N) is 1. The number of aryl methyl sites for hydroxylation is 3. The van der Waals surface area contributed by atoms with Crippen LogP contribution < -0.4 is 5.32 Å². The molecular formula is C18H31N. The van der Waals surface area contributed by atoms with Crippen molar-refractivity contribution in [3.8, 4) is 0 Å². The summed E-state index contributed by atoms with van der Waals surface area (Å²) in [5.41, 5.74) is 5.78. The van der Waals surface area contributed by atoms with Crippen molar-refractivity contribution >= 4 is 0 Å². The first kappa shape index (κ1) is 16.2. The molecule has 1 rings (SSSR count). The van der Waals surface area contributed by atoms with E-state index < -0.39 is 0 Å². The molecule has 0 aromatic heterocycles. The lowest BCUT2D eigenvalue weighted by Crippen LogP contribution is -2.27. The van der Waals surface area contributed by atoms with Gasteiger partial charge in [0.15, 0.2) is 0 Å². The van der Waals surface area contributed by atoms with Crippen LogP contribution >= 0.6 is 0 Å². The van der Waals surface area contributed by atoms with Crippen LogP contribution in [0.15, 0.2) is 12.1 Å². The lowest BCUT2D eigenvalue weighted by atomic mass is 9.82. The summed E-state index contributed by atoms with van der Waals surface area (Å²) in [6.07, 6.45) is 5.16. The van der Waals surface area contributed by atoms with Gasteiger partial charge in [0.1, 0.15) is 0 Å². The Bertz CT molecular complexity index is 366. The molecule has 0 bridgehead atoms. The molecule has 1 nitrogen and oxygen atoms in total. The molecule has 0 heterocycles. The molecule has 1 heteroatoms. The average molecular weight is 261 g/mol. The van der Waals surface area contributed by atoms with E-state index in [1.165, 1.54) is 47.9 Å². The van der Waals surface area contributed by atoms with Crippen molar-refractivity contribution in [2.75, 3.05) is 7.05 Å². The summed E-state index contributed by atoms with van der Waals surface area (Å²) in [5.74, 6) is 0.750. The van der Waals surface area contributed by atoms with Crippen LogP contribution in [0.4, 0.5) is 0 Å². The highest BCUT2D eigenvalue weighted by Gasteiger charge is 2.23. The summed E-state index contributed by atoms with van der Waals surface area (Å²) >= 11 is 0. The maximum atomic E-state index is 3.59. The summed E-state index contributed by atoms with van der Waals surface area (Å²) < 4.78 is 0. The molecule has 0 fully saturated rings. The van der Waals surface area contributed by atoms with Gasteiger partial charge in [-0.1, -0.05) is 44.4 Å². The van der Waals surface area contributed by atoms with Crippen LogP contribution in [-0.4, -0.2) is 7.05 Å². The highest BCUT2D eigenvalue weighted by atomic mass is 14.9. The van der Waals surface area contributed by atoms with Crippen LogP contribution in [0.1, 0.15) is 67.8 Å². The Labute approximate surface area is 119 Å². The normalized spacial score (nSPS) is 13.0. The fraction of sp³-hybridized carbons (Fsp3) is 0.667. The number of rotatable bonds is 7. The lowest BCUT2D eigenvalue weighted by molar-refractivity contribution is 0.329. The molecule has 19 heavy (non-hydrogen) atoms. The minimum atomic E-state index is 0.500. The van der Waals surface area contributed by atoms with E-state index in [1.54, 1.807) is 0 Å². The zero-order valence-electron chi connectivity index (χ0n) is 13.6. The summed E-state index contributed by atoms with van der Waals surface area (Å²) in [4.78, 5) is 0. The molecule has 1 unspecified atom stereocenters. The predicted molar refractivity (Wildman–Crippen MR) is 85.8 cm³/mol. The topological polar surface area (TPSA) is 12.0 Å². The SMILES string of the molecule is CCCC(CCC)C(NC)c1c(C)cc(C)cc1C. The molecular weight excluding hydrogens is 230 g/mol. The van der Waals surface area contributed by atoms with E-state index in [0.717, 1.165) is 5.92 Å². The van der Waals surface area contributed by atoms with Crippen molar-refractivity contribution in [2.24, 2.45) is 5.92 Å². The van der Waals surface area contributed by atoms with E-state index in [-0.39, 0.29) is 0 Å². The van der Waals surface area contributed by atoms with Gasteiger partial charge in [-0.2, -0.15) is 0 Å². The van der Waals surface area contributed by atoms with Crippen molar-refractivity contribution in [1.29, 1.82) is 0 Å². The van der Waals surface area contributed by atoms with Gasteiger partial charge < -0.3 is 5.32 Å². The Balaban J connectivity index is 3.14. The minimum absolute atomic E-state index is 0.500. The first-order valence-electron chi connectivity index (χ1n) is 7.80. The van der Waals surface area contributed by atoms with Crippen molar-refractivity contribution in [3.63, 3.8) is 0 Å². The van der Waals surface area contributed by atoms with Crippen molar-refractivity contribution in [3.05, 3.63) is 34.4 Å². The second-order valence-electron chi connectivity index (χ2n) is 5.92. The van der Waals surface area contributed by atoms with Crippen LogP contribution in [0.3, 0.4) is 0 Å². The van der Waals surface area contributed by atoms with Gasteiger partial charge in [-0.15, -0.1) is 0 Å². The van der Waals surface area contributed by atoms with Gasteiger partial charge in [-0.3, -0.25) is 0 Å². The highest BCUT2D eigenvalue weighted by Crippen LogP contribution is 2.33. The zero-order valence-corrected chi connectivity index (χ0v) is 13.6. The second-order valence-corrected chi connectivity index (χ2v) is 5.92. The number of hydrogen-bond acceptors (Lipinski definition) is 1. The monoisotopic (exact) mass is 261 g/mol. The quantitative estimate of drug-likeness (QED) is 0.721. The standard InChI is InChI=1S/C18H31N/c1-7-9-16(10-8-2)18(19-6)17-14(4)11-13(3)12-15(17)5/h11-12,16,18-19H,7-10H2,1-6H3. The van der Waals surface area contributed by atoms with E-state index in [1.807, 2.05) is 0 Å². The number of hydrogen-bond donors (Lipinski definition) is 1. The van der Waals surface area contributed by atoms with Gasteiger partial charge in [0, 0.05) is 6.04 Å². The zero-order chi connectivity index (χ0) is 14.4.